The summed E-state index contributed by atoms with van der Waals surface area (Å²) in [4.78, 5) is 0.109. The second-order valence-electron chi connectivity index (χ2n) is 2.75. The third kappa shape index (κ3) is 3.27. The smallest absolute Gasteiger partial charge is 0.241 e. The lowest BCUT2D eigenvalue weighted by Gasteiger charge is -2.03. The summed E-state index contributed by atoms with van der Waals surface area (Å²) in [7, 11) is -3.51. The summed E-state index contributed by atoms with van der Waals surface area (Å²) in [6.07, 6.45) is 0. The fourth-order valence-corrected chi connectivity index (χ4v) is 1.85. The minimum atomic E-state index is -3.51. The van der Waals surface area contributed by atoms with Crippen LogP contribution in [0.1, 0.15) is 6.92 Å². The summed E-state index contributed by atoms with van der Waals surface area (Å²) < 4.78 is 25.4. The Bertz CT molecular complexity index is 480. The van der Waals surface area contributed by atoms with Crippen LogP contribution in [0.4, 0.5) is 0 Å². The first-order valence-electron chi connectivity index (χ1n) is 4.24. The minimum Gasteiger partial charge on any atom is -0.508 e. The van der Waals surface area contributed by atoms with Crippen LogP contribution in [-0.2, 0) is 10.0 Å². The van der Waals surface area contributed by atoms with Crippen molar-refractivity contribution in [3.8, 4) is 17.6 Å². The Labute approximate surface area is 89.0 Å². The molecule has 2 N–H and O–H groups in total. The van der Waals surface area contributed by atoms with Gasteiger partial charge in [0.25, 0.3) is 0 Å². The molecule has 0 aromatic heterocycles. The molecule has 0 aliphatic heterocycles. The van der Waals surface area contributed by atoms with Gasteiger partial charge in [-0.05, 0) is 31.2 Å². The lowest BCUT2D eigenvalue weighted by Crippen LogP contribution is -2.23. The Kier molecular flexibility index (Phi) is 3.72. The van der Waals surface area contributed by atoms with Crippen molar-refractivity contribution >= 4 is 10.0 Å². The van der Waals surface area contributed by atoms with Crippen molar-refractivity contribution in [1.29, 1.82) is 0 Å². The molecule has 0 heterocycles. The monoisotopic (exact) mass is 225 g/mol. The van der Waals surface area contributed by atoms with E-state index in [2.05, 4.69) is 16.6 Å². The molecule has 1 aromatic rings. The Morgan fingerprint density at radius 3 is 2.47 bits per heavy atom. The number of hydrogen-bond donors (Lipinski definition) is 2. The van der Waals surface area contributed by atoms with Gasteiger partial charge in [-0.25, -0.2) is 8.42 Å². The fourth-order valence-electron chi connectivity index (χ4n) is 0.928. The number of phenols is 1. The van der Waals surface area contributed by atoms with E-state index in [-0.39, 0.29) is 17.2 Å². The first-order chi connectivity index (χ1) is 7.06. The van der Waals surface area contributed by atoms with Crippen molar-refractivity contribution in [3.05, 3.63) is 24.3 Å². The van der Waals surface area contributed by atoms with Gasteiger partial charge in [0.1, 0.15) is 5.75 Å². The average Bonchev–Trinajstić information content (AvgIpc) is 2.18. The molecule has 0 saturated carbocycles. The molecule has 0 unspecified atom stereocenters. The summed E-state index contributed by atoms with van der Waals surface area (Å²) in [5.41, 5.74) is 0. The highest BCUT2D eigenvalue weighted by molar-refractivity contribution is 7.89. The molecule has 4 nitrogen and oxygen atoms in total. The molecule has 0 saturated heterocycles. The summed E-state index contributed by atoms with van der Waals surface area (Å²) >= 11 is 0. The highest BCUT2D eigenvalue weighted by Gasteiger charge is 2.11. The van der Waals surface area contributed by atoms with Gasteiger partial charge in [0.15, 0.2) is 0 Å². The zero-order valence-electron chi connectivity index (χ0n) is 8.19. The molecule has 15 heavy (non-hydrogen) atoms. The molecule has 5 heteroatoms. The highest BCUT2D eigenvalue weighted by Crippen LogP contribution is 2.13. The predicted molar refractivity (Wildman–Crippen MR) is 56.7 cm³/mol. The Morgan fingerprint density at radius 1 is 1.33 bits per heavy atom. The van der Waals surface area contributed by atoms with E-state index in [0.29, 0.717) is 0 Å². The van der Waals surface area contributed by atoms with E-state index in [1.54, 1.807) is 6.92 Å². The number of sulfonamides is 1. The second kappa shape index (κ2) is 4.82. The molecule has 1 rings (SSSR count). The molecular weight excluding hydrogens is 214 g/mol. The van der Waals surface area contributed by atoms with E-state index in [1.165, 1.54) is 24.3 Å². The maximum absolute atomic E-state index is 11.6. The van der Waals surface area contributed by atoms with Crippen molar-refractivity contribution in [2.45, 2.75) is 11.8 Å². The zero-order chi connectivity index (χ0) is 11.3. The van der Waals surface area contributed by atoms with Gasteiger partial charge in [-0.2, -0.15) is 4.72 Å². The largest absolute Gasteiger partial charge is 0.508 e. The van der Waals surface area contributed by atoms with Crippen LogP contribution in [0.25, 0.3) is 0 Å². The maximum Gasteiger partial charge on any atom is 0.241 e. The molecule has 0 atom stereocenters. The van der Waals surface area contributed by atoms with Crippen molar-refractivity contribution in [2.24, 2.45) is 0 Å². The highest BCUT2D eigenvalue weighted by atomic mass is 32.2. The van der Waals surface area contributed by atoms with E-state index in [9.17, 15) is 8.42 Å². The first-order valence-corrected chi connectivity index (χ1v) is 5.73. The molecule has 0 radical (unpaired) electrons. The molecule has 0 aliphatic carbocycles. The van der Waals surface area contributed by atoms with E-state index >= 15 is 0 Å². The van der Waals surface area contributed by atoms with Gasteiger partial charge in [-0.3, -0.25) is 0 Å². The standard InChI is InChI=1S/C10H11NO3S/c1-2-3-8-11-15(13,14)10-6-4-9(12)5-7-10/h4-7,11-12H,8H2,1H3. The topological polar surface area (TPSA) is 66.4 Å². The summed E-state index contributed by atoms with van der Waals surface area (Å²) in [6, 6.07) is 5.30. The van der Waals surface area contributed by atoms with E-state index in [4.69, 9.17) is 5.11 Å². The van der Waals surface area contributed by atoms with Gasteiger partial charge in [-0.1, -0.05) is 5.92 Å². The van der Waals surface area contributed by atoms with Gasteiger partial charge in [0.05, 0.1) is 11.4 Å². The molecule has 80 valence electrons. The van der Waals surface area contributed by atoms with Crippen molar-refractivity contribution in [1.82, 2.24) is 4.72 Å². The van der Waals surface area contributed by atoms with Crippen LogP contribution in [0.5, 0.6) is 5.75 Å². The lowest BCUT2D eigenvalue weighted by molar-refractivity contribution is 0.474. The number of nitrogens with one attached hydrogen (secondary N) is 1. The normalized spacial score (nSPS) is 10.5. The first kappa shape index (κ1) is 11.6. The van der Waals surface area contributed by atoms with Crippen LogP contribution in [-0.4, -0.2) is 20.1 Å². The van der Waals surface area contributed by atoms with Crippen LogP contribution >= 0.6 is 0 Å². The molecule has 1 aromatic carbocycles. The molecule has 0 bridgehead atoms. The van der Waals surface area contributed by atoms with E-state index in [1.807, 2.05) is 0 Å². The number of hydrogen-bond acceptors (Lipinski definition) is 3. The summed E-state index contributed by atoms with van der Waals surface area (Å²) in [6.45, 7) is 1.72. The Balaban J connectivity index is 2.85. The van der Waals surface area contributed by atoms with E-state index < -0.39 is 10.0 Å². The SMILES string of the molecule is CC#CCNS(=O)(=O)c1ccc(O)cc1. The van der Waals surface area contributed by atoms with Crippen LogP contribution in [0.3, 0.4) is 0 Å². The third-order valence-corrected chi connectivity index (χ3v) is 3.09. The van der Waals surface area contributed by atoms with Crippen LogP contribution in [0.15, 0.2) is 29.2 Å². The average molecular weight is 225 g/mol. The van der Waals surface area contributed by atoms with Gasteiger partial charge in [-0.15, -0.1) is 5.92 Å². The zero-order valence-corrected chi connectivity index (χ0v) is 9.00. The summed E-state index contributed by atoms with van der Waals surface area (Å²) in [5.74, 6) is 5.21. The van der Waals surface area contributed by atoms with Crippen LogP contribution < -0.4 is 4.72 Å². The molecule has 0 spiro atoms. The predicted octanol–water partition coefficient (Wildman–Crippen LogP) is 0.694. The minimum absolute atomic E-state index is 0.0299. The Morgan fingerprint density at radius 2 is 1.93 bits per heavy atom. The second-order valence-corrected chi connectivity index (χ2v) is 4.51. The molecule has 0 aliphatic rings. The third-order valence-electron chi connectivity index (χ3n) is 1.67. The van der Waals surface area contributed by atoms with Gasteiger partial charge >= 0.3 is 0 Å². The maximum atomic E-state index is 11.6. The van der Waals surface area contributed by atoms with Crippen molar-refractivity contribution < 1.29 is 13.5 Å². The molecular formula is C10H11NO3S. The number of phenolic OH excluding ortho intramolecular Hbond substituents is 1. The Hall–Kier alpha value is -1.51. The van der Waals surface area contributed by atoms with Crippen LogP contribution in [0, 0.1) is 11.8 Å². The number of rotatable bonds is 3. The molecule has 0 fully saturated rings. The van der Waals surface area contributed by atoms with Crippen molar-refractivity contribution in [3.63, 3.8) is 0 Å². The number of benzene rings is 1. The lowest BCUT2D eigenvalue weighted by atomic mass is 10.3. The van der Waals surface area contributed by atoms with Crippen molar-refractivity contribution in [2.75, 3.05) is 6.54 Å². The van der Waals surface area contributed by atoms with E-state index in [0.717, 1.165) is 0 Å². The van der Waals surface area contributed by atoms with Gasteiger partial charge in [0.2, 0.25) is 10.0 Å². The fraction of sp³-hybridized carbons (Fsp3) is 0.200. The van der Waals surface area contributed by atoms with Gasteiger partial charge < -0.3 is 5.11 Å². The van der Waals surface area contributed by atoms with Gasteiger partial charge in [0, 0.05) is 0 Å². The summed E-state index contributed by atoms with van der Waals surface area (Å²) in [5, 5.41) is 9.00. The quantitative estimate of drug-likeness (QED) is 0.744. The molecule has 0 amide bonds. The number of aromatic hydroxyl groups is 1. The van der Waals surface area contributed by atoms with Crippen LogP contribution in [0.2, 0.25) is 0 Å².